The highest BCUT2D eigenvalue weighted by molar-refractivity contribution is 5.71. The van der Waals surface area contributed by atoms with Gasteiger partial charge in [0.15, 0.2) is 0 Å². The molecule has 2 aromatic carbocycles. The van der Waals surface area contributed by atoms with Crippen LogP contribution < -0.4 is 11.1 Å². The first kappa shape index (κ1) is 16.4. The molecule has 3 N–H and O–H groups in total. The second-order valence-corrected chi connectivity index (χ2v) is 5.99. The molecule has 0 aliphatic heterocycles. The summed E-state index contributed by atoms with van der Waals surface area (Å²) < 4.78 is 0. The van der Waals surface area contributed by atoms with E-state index in [1.807, 2.05) is 7.05 Å². The summed E-state index contributed by atoms with van der Waals surface area (Å²) in [6, 6.07) is 11.2. The van der Waals surface area contributed by atoms with Gasteiger partial charge in [-0.2, -0.15) is 0 Å². The molecule has 0 heterocycles. The first-order valence-corrected chi connectivity index (χ1v) is 8.19. The molecule has 2 nitrogen and oxygen atoms in total. The van der Waals surface area contributed by atoms with Crippen LogP contribution in [0, 0.1) is 13.8 Å². The zero-order valence-corrected chi connectivity index (χ0v) is 14.5. The van der Waals surface area contributed by atoms with Crippen LogP contribution in [0.5, 0.6) is 0 Å². The molecule has 0 spiro atoms. The molecular formula is C20H28N2. The third kappa shape index (κ3) is 2.96. The Morgan fingerprint density at radius 1 is 1.09 bits per heavy atom. The highest BCUT2D eigenvalue weighted by atomic mass is 14.8. The van der Waals surface area contributed by atoms with Crippen molar-refractivity contribution in [2.75, 3.05) is 18.1 Å². The van der Waals surface area contributed by atoms with Crippen molar-refractivity contribution < 1.29 is 0 Å². The number of nitrogens with one attached hydrogen (secondary N) is 1. The van der Waals surface area contributed by atoms with Gasteiger partial charge in [-0.1, -0.05) is 38.1 Å². The normalized spacial score (nSPS) is 12.2. The van der Waals surface area contributed by atoms with Crippen LogP contribution in [0.15, 0.2) is 30.3 Å². The van der Waals surface area contributed by atoms with Gasteiger partial charge in [0.05, 0.1) is 11.4 Å². The molecule has 1 atom stereocenters. The summed E-state index contributed by atoms with van der Waals surface area (Å²) in [5.41, 5.74) is 14.9. The SMILES string of the molecule is CCc1cc(C(CC)c2ccc(NC)c(N)c2C)ccc1C. The largest absolute Gasteiger partial charge is 0.397 e. The lowest BCUT2D eigenvalue weighted by Gasteiger charge is -2.22. The van der Waals surface area contributed by atoms with Gasteiger partial charge in [0.1, 0.15) is 0 Å². The van der Waals surface area contributed by atoms with Gasteiger partial charge in [-0.3, -0.25) is 0 Å². The van der Waals surface area contributed by atoms with Crippen LogP contribution in [0.2, 0.25) is 0 Å². The number of aryl methyl sites for hydroxylation is 2. The van der Waals surface area contributed by atoms with Crippen LogP contribution in [0.25, 0.3) is 0 Å². The van der Waals surface area contributed by atoms with Crippen molar-refractivity contribution in [2.24, 2.45) is 0 Å². The van der Waals surface area contributed by atoms with E-state index in [0.29, 0.717) is 5.92 Å². The van der Waals surface area contributed by atoms with Gasteiger partial charge in [0.2, 0.25) is 0 Å². The quantitative estimate of drug-likeness (QED) is 0.759. The minimum absolute atomic E-state index is 0.402. The number of nitrogens with two attached hydrogens (primary N) is 1. The van der Waals surface area contributed by atoms with Crippen LogP contribution in [0.1, 0.15) is 54.0 Å². The minimum Gasteiger partial charge on any atom is -0.397 e. The summed E-state index contributed by atoms with van der Waals surface area (Å²) >= 11 is 0. The number of benzene rings is 2. The zero-order chi connectivity index (χ0) is 16.3. The second-order valence-electron chi connectivity index (χ2n) is 5.99. The third-order valence-electron chi connectivity index (χ3n) is 4.77. The van der Waals surface area contributed by atoms with Crippen molar-refractivity contribution in [1.82, 2.24) is 0 Å². The molecular weight excluding hydrogens is 268 g/mol. The average Bonchev–Trinajstić information content (AvgIpc) is 2.53. The molecule has 0 saturated carbocycles. The Hall–Kier alpha value is -1.96. The Kier molecular flexibility index (Phi) is 5.12. The Bertz CT molecular complexity index is 659. The molecule has 118 valence electrons. The molecule has 0 amide bonds. The van der Waals surface area contributed by atoms with Gasteiger partial charge in [0, 0.05) is 13.0 Å². The molecule has 0 aromatic heterocycles. The molecule has 0 aliphatic carbocycles. The third-order valence-corrected chi connectivity index (χ3v) is 4.77. The first-order valence-electron chi connectivity index (χ1n) is 8.19. The summed E-state index contributed by atoms with van der Waals surface area (Å²) in [5.74, 6) is 0.402. The molecule has 0 saturated heterocycles. The molecule has 0 bridgehead atoms. The van der Waals surface area contributed by atoms with E-state index in [-0.39, 0.29) is 0 Å². The topological polar surface area (TPSA) is 38.0 Å². The average molecular weight is 296 g/mol. The molecule has 0 aliphatic rings. The number of nitrogen functional groups attached to an aromatic ring is 1. The van der Waals surface area contributed by atoms with Crippen molar-refractivity contribution in [3.63, 3.8) is 0 Å². The van der Waals surface area contributed by atoms with Gasteiger partial charge in [-0.25, -0.2) is 0 Å². The lowest BCUT2D eigenvalue weighted by Crippen LogP contribution is -2.07. The maximum Gasteiger partial charge on any atom is 0.0582 e. The molecule has 2 heteroatoms. The molecule has 0 radical (unpaired) electrons. The highest BCUT2D eigenvalue weighted by Gasteiger charge is 2.17. The summed E-state index contributed by atoms with van der Waals surface area (Å²) in [6.45, 7) is 8.79. The van der Waals surface area contributed by atoms with Crippen LogP contribution in [0.3, 0.4) is 0 Å². The molecule has 2 rings (SSSR count). The molecule has 0 fully saturated rings. The van der Waals surface area contributed by atoms with Crippen LogP contribution >= 0.6 is 0 Å². The fourth-order valence-corrected chi connectivity index (χ4v) is 3.27. The van der Waals surface area contributed by atoms with Crippen molar-refractivity contribution in [2.45, 2.75) is 46.5 Å². The van der Waals surface area contributed by atoms with Crippen LogP contribution in [-0.2, 0) is 6.42 Å². The Labute approximate surface area is 134 Å². The number of anilines is 2. The second kappa shape index (κ2) is 6.87. The van der Waals surface area contributed by atoms with E-state index in [0.717, 1.165) is 24.2 Å². The first-order chi connectivity index (χ1) is 10.5. The highest BCUT2D eigenvalue weighted by Crippen LogP contribution is 2.35. The summed E-state index contributed by atoms with van der Waals surface area (Å²) in [7, 11) is 1.91. The van der Waals surface area contributed by atoms with Crippen molar-refractivity contribution >= 4 is 11.4 Å². The van der Waals surface area contributed by atoms with E-state index in [1.54, 1.807) is 0 Å². The lowest BCUT2D eigenvalue weighted by molar-refractivity contribution is 0.769. The molecule has 22 heavy (non-hydrogen) atoms. The molecule has 2 aromatic rings. The van der Waals surface area contributed by atoms with Gasteiger partial charge in [-0.05, 0) is 60.6 Å². The minimum atomic E-state index is 0.402. The van der Waals surface area contributed by atoms with E-state index < -0.39 is 0 Å². The summed E-state index contributed by atoms with van der Waals surface area (Å²) in [5, 5.41) is 3.16. The summed E-state index contributed by atoms with van der Waals surface area (Å²) in [4.78, 5) is 0. The Balaban J connectivity index is 2.51. The Morgan fingerprint density at radius 3 is 2.41 bits per heavy atom. The maximum atomic E-state index is 6.28. The van der Waals surface area contributed by atoms with E-state index in [1.165, 1.54) is 27.8 Å². The van der Waals surface area contributed by atoms with Gasteiger partial charge >= 0.3 is 0 Å². The zero-order valence-electron chi connectivity index (χ0n) is 14.5. The number of hydrogen-bond donors (Lipinski definition) is 2. The van der Waals surface area contributed by atoms with Gasteiger partial charge in [0.25, 0.3) is 0 Å². The lowest BCUT2D eigenvalue weighted by atomic mass is 9.84. The van der Waals surface area contributed by atoms with E-state index in [4.69, 9.17) is 5.73 Å². The predicted octanol–water partition coefficient (Wildman–Crippen LogP) is 5.03. The maximum absolute atomic E-state index is 6.28. The van der Waals surface area contributed by atoms with E-state index >= 15 is 0 Å². The van der Waals surface area contributed by atoms with Crippen LogP contribution in [-0.4, -0.2) is 7.05 Å². The van der Waals surface area contributed by atoms with Crippen LogP contribution in [0.4, 0.5) is 11.4 Å². The standard InChI is InChI=1S/C20H28N2/c1-6-15-12-16(9-8-13(15)3)17(7-2)18-10-11-19(22-5)20(21)14(18)4/h8-12,17,22H,6-7,21H2,1-5H3. The predicted molar refractivity (Wildman–Crippen MR) is 97.8 cm³/mol. The number of hydrogen-bond acceptors (Lipinski definition) is 2. The van der Waals surface area contributed by atoms with Crippen molar-refractivity contribution in [3.05, 3.63) is 58.1 Å². The van der Waals surface area contributed by atoms with Gasteiger partial charge < -0.3 is 11.1 Å². The van der Waals surface area contributed by atoms with Crippen molar-refractivity contribution in [1.29, 1.82) is 0 Å². The Morgan fingerprint density at radius 2 is 1.82 bits per heavy atom. The fraction of sp³-hybridized carbons (Fsp3) is 0.400. The monoisotopic (exact) mass is 296 g/mol. The smallest absolute Gasteiger partial charge is 0.0582 e. The molecule has 1 unspecified atom stereocenters. The van der Waals surface area contributed by atoms with E-state index in [2.05, 4.69) is 63.3 Å². The van der Waals surface area contributed by atoms with E-state index in [9.17, 15) is 0 Å². The fourth-order valence-electron chi connectivity index (χ4n) is 3.27. The van der Waals surface area contributed by atoms with Gasteiger partial charge in [-0.15, -0.1) is 0 Å². The summed E-state index contributed by atoms with van der Waals surface area (Å²) in [6.07, 6.45) is 2.15. The van der Waals surface area contributed by atoms with Crippen molar-refractivity contribution in [3.8, 4) is 0 Å². The number of rotatable bonds is 5.